The van der Waals surface area contributed by atoms with Gasteiger partial charge in [-0.3, -0.25) is 9.59 Å². The van der Waals surface area contributed by atoms with Gasteiger partial charge in [-0.05, 0) is 0 Å². The minimum absolute atomic E-state index is 0.0250. The summed E-state index contributed by atoms with van der Waals surface area (Å²) in [6.07, 6.45) is 0.139. The predicted molar refractivity (Wildman–Crippen MR) is 84.8 cm³/mol. The minimum atomic E-state index is -0.347. The summed E-state index contributed by atoms with van der Waals surface area (Å²) in [6, 6.07) is 6.79. The molecule has 0 unspecified atom stereocenters. The molecule has 0 radical (unpaired) electrons. The van der Waals surface area contributed by atoms with Crippen molar-refractivity contribution in [2.24, 2.45) is 0 Å². The Morgan fingerprint density at radius 1 is 1.05 bits per heavy atom. The van der Waals surface area contributed by atoms with Crippen molar-refractivity contribution in [2.75, 3.05) is 5.75 Å². The van der Waals surface area contributed by atoms with Crippen LogP contribution in [0, 0.1) is 0 Å². The van der Waals surface area contributed by atoms with Crippen LogP contribution in [0.3, 0.4) is 0 Å². The van der Waals surface area contributed by atoms with Crippen molar-refractivity contribution in [3.63, 3.8) is 0 Å². The Morgan fingerprint density at radius 3 is 2.45 bits per heavy atom. The van der Waals surface area contributed by atoms with Gasteiger partial charge in [0.1, 0.15) is 17.3 Å². The summed E-state index contributed by atoms with van der Waals surface area (Å²) in [5, 5.41) is 21.9. The molecule has 2 aromatic carbocycles. The molecule has 1 aliphatic heterocycles. The standard InChI is InChI=1S/C16H11NO4S/c18-7-5-10-16(22-6-7)15(21)11-12(17-10)14(20)9-4-2-1-3-8(9)13(11)19/h1-4,19-20H,5-6H2,(H,17,21). The molecule has 4 rings (SSSR count). The van der Waals surface area contributed by atoms with Gasteiger partial charge < -0.3 is 15.2 Å². The lowest BCUT2D eigenvalue weighted by atomic mass is 10.0. The molecule has 3 N–H and O–H groups in total. The Bertz CT molecular complexity index is 1020. The Kier molecular flexibility index (Phi) is 2.71. The molecular formula is C16H11NO4S. The van der Waals surface area contributed by atoms with Crippen LogP contribution in [0.1, 0.15) is 5.69 Å². The number of carbonyl (C=O) groups excluding carboxylic acids is 1. The third-order valence-electron chi connectivity index (χ3n) is 3.90. The number of thioether (sulfide) groups is 1. The Labute approximate surface area is 128 Å². The van der Waals surface area contributed by atoms with Crippen LogP contribution in [0.25, 0.3) is 21.7 Å². The van der Waals surface area contributed by atoms with Gasteiger partial charge in [0.2, 0.25) is 5.43 Å². The van der Waals surface area contributed by atoms with E-state index in [9.17, 15) is 19.8 Å². The molecule has 110 valence electrons. The van der Waals surface area contributed by atoms with Crippen LogP contribution < -0.4 is 5.43 Å². The zero-order chi connectivity index (χ0) is 15.4. The number of aromatic nitrogens is 1. The average Bonchev–Trinajstić information content (AvgIpc) is 2.52. The van der Waals surface area contributed by atoms with Crippen LogP contribution in [0.15, 0.2) is 34.0 Å². The number of aromatic amines is 1. The molecule has 1 aromatic heterocycles. The van der Waals surface area contributed by atoms with Gasteiger partial charge in [0, 0.05) is 22.9 Å². The van der Waals surface area contributed by atoms with E-state index in [0.29, 0.717) is 21.4 Å². The van der Waals surface area contributed by atoms with Crippen LogP contribution in [-0.4, -0.2) is 26.7 Å². The number of rotatable bonds is 0. The SMILES string of the molecule is O=C1CSc2c([nH]c3c(O)c4ccccc4c(O)c3c2=O)C1. The first-order valence-electron chi connectivity index (χ1n) is 6.74. The number of phenols is 2. The number of fused-ring (bicyclic) bond motifs is 3. The topological polar surface area (TPSA) is 90.4 Å². The molecule has 0 spiro atoms. The summed E-state index contributed by atoms with van der Waals surface area (Å²) >= 11 is 1.17. The molecule has 0 fully saturated rings. The lowest BCUT2D eigenvalue weighted by Gasteiger charge is -2.16. The van der Waals surface area contributed by atoms with Gasteiger partial charge in [0.15, 0.2) is 0 Å². The Morgan fingerprint density at radius 2 is 1.73 bits per heavy atom. The number of aromatic hydroxyl groups is 2. The van der Waals surface area contributed by atoms with E-state index in [0.717, 1.165) is 0 Å². The zero-order valence-corrected chi connectivity index (χ0v) is 12.2. The molecule has 0 bridgehead atoms. The maximum Gasteiger partial charge on any atom is 0.207 e. The van der Waals surface area contributed by atoms with Gasteiger partial charge in [-0.25, -0.2) is 0 Å². The Balaban J connectivity index is 2.23. The largest absolute Gasteiger partial charge is 0.506 e. The van der Waals surface area contributed by atoms with Crippen molar-refractivity contribution in [2.45, 2.75) is 11.3 Å². The molecule has 0 atom stereocenters. The summed E-state index contributed by atoms with van der Waals surface area (Å²) in [6.45, 7) is 0. The second-order valence-corrected chi connectivity index (χ2v) is 6.24. The number of phenolic OH excluding ortho intramolecular Hbond substituents is 2. The number of hydrogen-bond acceptors (Lipinski definition) is 5. The monoisotopic (exact) mass is 313 g/mol. The molecule has 0 amide bonds. The highest BCUT2D eigenvalue weighted by Gasteiger charge is 2.24. The maximum atomic E-state index is 12.7. The highest BCUT2D eigenvalue weighted by Crippen LogP contribution is 2.40. The molecule has 5 nitrogen and oxygen atoms in total. The van der Waals surface area contributed by atoms with Crippen molar-refractivity contribution in [3.05, 3.63) is 40.2 Å². The third-order valence-corrected chi connectivity index (χ3v) is 5.08. The lowest BCUT2D eigenvalue weighted by molar-refractivity contribution is -0.116. The van der Waals surface area contributed by atoms with Crippen LogP contribution >= 0.6 is 11.8 Å². The fourth-order valence-corrected chi connectivity index (χ4v) is 3.82. The fourth-order valence-electron chi connectivity index (χ4n) is 2.88. The van der Waals surface area contributed by atoms with Crippen molar-refractivity contribution in [1.82, 2.24) is 4.98 Å². The number of hydrogen-bond donors (Lipinski definition) is 3. The number of pyridine rings is 1. The molecule has 0 saturated carbocycles. The highest BCUT2D eigenvalue weighted by molar-refractivity contribution is 8.00. The van der Waals surface area contributed by atoms with Gasteiger partial charge in [0.05, 0.1) is 21.6 Å². The van der Waals surface area contributed by atoms with Gasteiger partial charge >= 0.3 is 0 Å². The van der Waals surface area contributed by atoms with Crippen molar-refractivity contribution in [1.29, 1.82) is 0 Å². The number of nitrogens with one attached hydrogen (secondary N) is 1. The molecule has 0 saturated heterocycles. The summed E-state index contributed by atoms with van der Waals surface area (Å²) in [7, 11) is 0. The number of benzene rings is 2. The first kappa shape index (κ1) is 13.2. The van der Waals surface area contributed by atoms with Crippen molar-refractivity contribution >= 4 is 39.2 Å². The first-order valence-corrected chi connectivity index (χ1v) is 7.72. The predicted octanol–water partition coefficient (Wildman–Crippen LogP) is 2.31. The van der Waals surface area contributed by atoms with Gasteiger partial charge in [0.25, 0.3) is 0 Å². The minimum Gasteiger partial charge on any atom is -0.506 e. The molecule has 1 aliphatic rings. The summed E-state index contributed by atoms with van der Waals surface area (Å²) in [4.78, 5) is 27.7. The molecule has 3 aromatic rings. The number of Topliss-reactive ketones (excluding diaryl/α,β-unsaturated/α-hetero) is 1. The van der Waals surface area contributed by atoms with Gasteiger partial charge in [-0.2, -0.15) is 0 Å². The average molecular weight is 313 g/mol. The zero-order valence-electron chi connectivity index (χ0n) is 11.3. The second-order valence-electron chi connectivity index (χ2n) is 5.26. The van der Waals surface area contributed by atoms with E-state index in [-0.39, 0.29) is 45.8 Å². The Hall–Kier alpha value is -2.47. The third kappa shape index (κ3) is 1.67. The summed E-state index contributed by atoms with van der Waals surface area (Å²) in [5.74, 6) is 0.0373. The van der Waals surface area contributed by atoms with E-state index in [1.807, 2.05) is 0 Å². The first-order chi connectivity index (χ1) is 10.6. The van der Waals surface area contributed by atoms with E-state index in [2.05, 4.69) is 4.98 Å². The second kappa shape index (κ2) is 4.51. The smallest absolute Gasteiger partial charge is 0.207 e. The van der Waals surface area contributed by atoms with Crippen LogP contribution in [0.5, 0.6) is 11.5 Å². The number of ketones is 1. The van der Waals surface area contributed by atoms with E-state index in [1.165, 1.54) is 11.8 Å². The summed E-state index contributed by atoms with van der Waals surface area (Å²) < 4.78 is 0. The number of carbonyl (C=O) groups is 1. The quantitative estimate of drug-likeness (QED) is 0.438. The van der Waals surface area contributed by atoms with Crippen molar-refractivity contribution < 1.29 is 15.0 Å². The maximum absolute atomic E-state index is 12.7. The van der Waals surface area contributed by atoms with Crippen LogP contribution in [0.2, 0.25) is 0 Å². The molecule has 22 heavy (non-hydrogen) atoms. The molecule has 6 heteroatoms. The molecule has 0 aliphatic carbocycles. The van der Waals surface area contributed by atoms with E-state index in [4.69, 9.17) is 0 Å². The molecular weight excluding hydrogens is 302 g/mol. The lowest BCUT2D eigenvalue weighted by Crippen LogP contribution is -2.20. The summed E-state index contributed by atoms with van der Waals surface area (Å²) in [5.41, 5.74) is 0.332. The molecule has 2 heterocycles. The van der Waals surface area contributed by atoms with E-state index < -0.39 is 0 Å². The van der Waals surface area contributed by atoms with Gasteiger partial charge in [-0.1, -0.05) is 24.3 Å². The van der Waals surface area contributed by atoms with Crippen LogP contribution in [0.4, 0.5) is 0 Å². The van der Waals surface area contributed by atoms with E-state index in [1.54, 1.807) is 24.3 Å². The van der Waals surface area contributed by atoms with Crippen molar-refractivity contribution in [3.8, 4) is 11.5 Å². The fraction of sp³-hybridized carbons (Fsp3) is 0.125. The highest BCUT2D eigenvalue weighted by atomic mass is 32.2. The van der Waals surface area contributed by atoms with Gasteiger partial charge in [-0.15, -0.1) is 11.8 Å². The van der Waals surface area contributed by atoms with Crippen LogP contribution in [-0.2, 0) is 11.2 Å². The van der Waals surface area contributed by atoms with E-state index >= 15 is 0 Å². The normalized spacial score (nSPS) is 14.5. The number of H-pyrrole nitrogens is 1.